The predicted molar refractivity (Wildman–Crippen MR) is 187 cm³/mol. The molecule has 1 aliphatic rings. The molecule has 4 aromatic rings. The van der Waals surface area contributed by atoms with E-state index in [0.717, 1.165) is 32.5 Å². The summed E-state index contributed by atoms with van der Waals surface area (Å²) in [6, 6.07) is 26.3. The van der Waals surface area contributed by atoms with Crippen LogP contribution in [-0.4, -0.2) is 83.5 Å². The van der Waals surface area contributed by atoms with Crippen molar-refractivity contribution in [1.82, 2.24) is 20.2 Å². The van der Waals surface area contributed by atoms with Crippen LogP contribution in [0.4, 0.5) is 0 Å². The molecule has 10 heteroatoms. The summed E-state index contributed by atoms with van der Waals surface area (Å²) in [5.74, 6) is -0.838. The van der Waals surface area contributed by atoms with Gasteiger partial charge in [-0.15, -0.1) is 0 Å². The summed E-state index contributed by atoms with van der Waals surface area (Å²) in [4.78, 5) is 38.1. The van der Waals surface area contributed by atoms with E-state index in [2.05, 4.69) is 44.5 Å². The van der Waals surface area contributed by atoms with Gasteiger partial charge in [-0.25, -0.2) is 4.98 Å². The van der Waals surface area contributed by atoms with E-state index in [1.807, 2.05) is 26.0 Å². The Labute approximate surface area is 288 Å². The van der Waals surface area contributed by atoms with Crippen molar-refractivity contribution in [3.05, 3.63) is 120 Å². The van der Waals surface area contributed by atoms with Crippen LogP contribution in [0.2, 0.25) is 0 Å². The maximum Gasteiger partial charge on any atom is 0.271 e. The molecule has 1 aliphatic heterocycles. The van der Waals surface area contributed by atoms with Crippen molar-refractivity contribution in [3.63, 3.8) is 0 Å². The van der Waals surface area contributed by atoms with Gasteiger partial charge in [0.15, 0.2) is 17.7 Å². The number of hydrogen-bond acceptors (Lipinski definition) is 9. The Bertz CT molecular complexity index is 1630. The molecule has 0 spiro atoms. The lowest BCUT2D eigenvalue weighted by atomic mass is 9.82. The summed E-state index contributed by atoms with van der Waals surface area (Å²) in [6.45, 7) is 7.55. The molecule has 2 heterocycles. The Balaban J connectivity index is 1.27. The van der Waals surface area contributed by atoms with Crippen LogP contribution >= 0.6 is 0 Å². The minimum absolute atomic E-state index is 0.0734. The molecule has 258 valence electrons. The third kappa shape index (κ3) is 9.65. The fraction of sp³-hybridized carbons (Fsp3) is 0.385. The Morgan fingerprint density at radius 3 is 2.29 bits per heavy atom. The number of rotatable bonds is 17. The van der Waals surface area contributed by atoms with Gasteiger partial charge in [0.2, 0.25) is 0 Å². The average molecular weight is 667 g/mol. The standard InChI is InChI=1S/C39H46N4O6/c1-3-47-37(48-4-2)18-21-41-38(45)35-26-40-25-34(42-35)30-14-11-17-32(24-30)39(46,31-15-9-6-10-16-31)36(44)28-49-33-19-22-43(23-20-33)27-29-12-7-5-8-13-29/h5-17,24-26,33,37,46H,3-4,18-23,27-28H2,1-2H3,(H,41,45)/t39-/m0/s1. The van der Waals surface area contributed by atoms with Crippen LogP contribution in [0, 0.1) is 0 Å². The normalized spacial score (nSPS) is 15.2. The molecule has 1 fully saturated rings. The number of carbonyl (C=O) groups excluding carboxylic acids is 2. The molecular formula is C39H46N4O6. The monoisotopic (exact) mass is 666 g/mol. The van der Waals surface area contributed by atoms with Gasteiger partial charge in [0.05, 0.1) is 24.2 Å². The average Bonchev–Trinajstić information content (AvgIpc) is 3.15. The first-order valence-electron chi connectivity index (χ1n) is 17.0. The van der Waals surface area contributed by atoms with E-state index in [1.54, 1.807) is 54.7 Å². The Hall–Kier alpha value is -4.32. The molecule has 0 aliphatic carbocycles. The topological polar surface area (TPSA) is 123 Å². The van der Waals surface area contributed by atoms with Gasteiger partial charge in [-0.05, 0) is 49.4 Å². The molecule has 5 rings (SSSR count). The van der Waals surface area contributed by atoms with Crippen LogP contribution < -0.4 is 5.32 Å². The lowest BCUT2D eigenvalue weighted by Gasteiger charge is -2.33. The first-order chi connectivity index (χ1) is 23.9. The predicted octanol–water partition coefficient (Wildman–Crippen LogP) is 5.15. The SMILES string of the molecule is CCOC(CCNC(=O)c1cncc(-c2cccc([C@](O)(C(=O)COC3CCN(Cc4ccccc4)CC3)c3ccccc3)c2)n1)OCC. The lowest BCUT2D eigenvalue weighted by Crippen LogP contribution is -2.42. The zero-order chi connectivity index (χ0) is 34.5. The maximum absolute atomic E-state index is 14.0. The van der Waals surface area contributed by atoms with Crippen LogP contribution in [0.15, 0.2) is 97.3 Å². The van der Waals surface area contributed by atoms with Gasteiger partial charge in [-0.1, -0.05) is 78.9 Å². The summed E-state index contributed by atoms with van der Waals surface area (Å²) in [5.41, 5.74) is 1.29. The van der Waals surface area contributed by atoms with Crippen molar-refractivity contribution >= 4 is 11.7 Å². The van der Waals surface area contributed by atoms with E-state index >= 15 is 0 Å². The second kappa shape index (κ2) is 17.9. The molecule has 1 amide bonds. The number of aliphatic hydroxyl groups is 1. The van der Waals surface area contributed by atoms with E-state index < -0.39 is 17.7 Å². The Kier molecular flexibility index (Phi) is 13.1. The minimum atomic E-state index is -1.97. The van der Waals surface area contributed by atoms with Gasteiger partial charge in [0.1, 0.15) is 12.3 Å². The summed E-state index contributed by atoms with van der Waals surface area (Å²) in [5, 5.41) is 15.1. The molecular weight excluding hydrogens is 620 g/mol. The van der Waals surface area contributed by atoms with Crippen LogP contribution in [0.25, 0.3) is 11.3 Å². The van der Waals surface area contributed by atoms with Crippen molar-refractivity contribution < 1.29 is 28.9 Å². The molecule has 0 radical (unpaired) electrons. The molecule has 10 nitrogen and oxygen atoms in total. The highest BCUT2D eigenvalue weighted by molar-refractivity contribution is 5.94. The number of likely N-dealkylation sites (tertiary alicyclic amines) is 1. The van der Waals surface area contributed by atoms with E-state index in [1.165, 1.54) is 11.8 Å². The summed E-state index contributed by atoms with van der Waals surface area (Å²) in [7, 11) is 0. The number of nitrogens with zero attached hydrogens (tertiary/aromatic N) is 3. The molecule has 0 bridgehead atoms. The number of carbonyl (C=O) groups is 2. The number of aromatic nitrogens is 2. The number of benzene rings is 3. The van der Waals surface area contributed by atoms with Crippen molar-refractivity contribution in [2.24, 2.45) is 0 Å². The number of Topliss-reactive ketones (excluding diaryl/α,β-unsaturated/α-hetero) is 1. The second-order valence-electron chi connectivity index (χ2n) is 12.0. The summed E-state index contributed by atoms with van der Waals surface area (Å²) < 4.78 is 17.2. The van der Waals surface area contributed by atoms with Crippen molar-refractivity contribution in [1.29, 1.82) is 0 Å². The molecule has 1 atom stereocenters. The van der Waals surface area contributed by atoms with E-state index in [0.29, 0.717) is 48.6 Å². The molecule has 3 aromatic carbocycles. The van der Waals surface area contributed by atoms with E-state index in [9.17, 15) is 14.7 Å². The Morgan fingerprint density at radius 2 is 1.59 bits per heavy atom. The number of hydrogen-bond donors (Lipinski definition) is 2. The van der Waals surface area contributed by atoms with Crippen molar-refractivity contribution in [2.45, 2.75) is 57.6 Å². The van der Waals surface area contributed by atoms with E-state index in [-0.39, 0.29) is 24.3 Å². The highest BCUT2D eigenvalue weighted by atomic mass is 16.7. The zero-order valence-electron chi connectivity index (χ0n) is 28.3. The van der Waals surface area contributed by atoms with E-state index in [4.69, 9.17) is 14.2 Å². The van der Waals surface area contributed by atoms with Gasteiger partial charge in [-0.2, -0.15) is 0 Å². The van der Waals surface area contributed by atoms with Gasteiger partial charge in [-0.3, -0.25) is 19.5 Å². The minimum Gasteiger partial charge on any atom is -0.373 e. The first kappa shape index (κ1) is 36.0. The van der Waals surface area contributed by atoms with Crippen LogP contribution in [0.5, 0.6) is 0 Å². The largest absolute Gasteiger partial charge is 0.373 e. The molecule has 0 unspecified atom stereocenters. The van der Waals surface area contributed by atoms with Crippen molar-refractivity contribution in [3.8, 4) is 11.3 Å². The Morgan fingerprint density at radius 1 is 0.918 bits per heavy atom. The summed E-state index contributed by atoms with van der Waals surface area (Å²) in [6.07, 6.45) is 4.58. The smallest absolute Gasteiger partial charge is 0.271 e. The lowest BCUT2D eigenvalue weighted by molar-refractivity contribution is -0.142. The fourth-order valence-electron chi connectivity index (χ4n) is 6.04. The number of ketones is 1. The van der Waals surface area contributed by atoms with Crippen LogP contribution in [0.3, 0.4) is 0 Å². The zero-order valence-corrected chi connectivity index (χ0v) is 28.3. The molecule has 2 N–H and O–H groups in total. The number of amides is 1. The number of ether oxygens (including phenoxy) is 3. The van der Waals surface area contributed by atoms with Crippen LogP contribution in [-0.2, 0) is 31.2 Å². The van der Waals surface area contributed by atoms with Gasteiger partial charge < -0.3 is 24.6 Å². The van der Waals surface area contributed by atoms with Gasteiger partial charge in [0, 0.05) is 51.4 Å². The van der Waals surface area contributed by atoms with Gasteiger partial charge >= 0.3 is 0 Å². The molecule has 0 saturated carbocycles. The molecule has 1 saturated heterocycles. The molecule has 1 aromatic heterocycles. The summed E-state index contributed by atoms with van der Waals surface area (Å²) >= 11 is 0. The fourth-order valence-corrected chi connectivity index (χ4v) is 6.04. The van der Waals surface area contributed by atoms with Crippen LogP contribution in [0.1, 0.15) is 60.3 Å². The highest BCUT2D eigenvalue weighted by Crippen LogP contribution is 2.33. The maximum atomic E-state index is 14.0. The first-order valence-corrected chi connectivity index (χ1v) is 17.0. The highest BCUT2D eigenvalue weighted by Gasteiger charge is 2.40. The quantitative estimate of drug-likeness (QED) is 0.147. The number of piperidine rings is 1. The second-order valence-corrected chi connectivity index (χ2v) is 12.0. The molecule has 49 heavy (non-hydrogen) atoms. The van der Waals surface area contributed by atoms with Crippen molar-refractivity contribution in [2.75, 3.05) is 39.5 Å². The number of nitrogens with one attached hydrogen (secondary N) is 1. The third-order valence-electron chi connectivity index (χ3n) is 8.64. The third-order valence-corrected chi connectivity index (χ3v) is 8.64. The van der Waals surface area contributed by atoms with Gasteiger partial charge in [0.25, 0.3) is 5.91 Å².